The second-order valence-corrected chi connectivity index (χ2v) is 5.38. The molecule has 1 unspecified atom stereocenters. The molecule has 90 valence electrons. The van der Waals surface area contributed by atoms with E-state index in [1.165, 1.54) is 18.4 Å². The fourth-order valence-electron chi connectivity index (χ4n) is 2.20. The molecule has 4 heteroatoms. The Morgan fingerprint density at radius 3 is 3.12 bits per heavy atom. The van der Waals surface area contributed by atoms with Crippen LogP contribution in [0.15, 0.2) is 29.4 Å². The van der Waals surface area contributed by atoms with Gasteiger partial charge >= 0.3 is 0 Å². The predicted octanol–water partition coefficient (Wildman–Crippen LogP) is 2.84. The molecule has 1 atom stereocenters. The number of hydrogen-bond donors (Lipinski definition) is 0. The zero-order chi connectivity index (χ0) is 11.7. The second-order valence-electron chi connectivity index (χ2n) is 4.39. The molecule has 0 spiro atoms. The minimum atomic E-state index is 0.416. The average molecular weight is 248 g/mol. The number of para-hydroxylation sites is 2. The highest BCUT2D eigenvalue weighted by Crippen LogP contribution is 2.25. The average Bonchev–Trinajstić information content (AvgIpc) is 2.96. The summed E-state index contributed by atoms with van der Waals surface area (Å²) in [6, 6.07) is 8.26. The maximum absolute atomic E-state index is 5.63. The van der Waals surface area contributed by atoms with Crippen molar-refractivity contribution in [3.05, 3.63) is 24.3 Å². The Morgan fingerprint density at radius 1 is 1.47 bits per heavy atom. The first-order valence-electron chi connectivity index (χ1n) is 6.00. The number of aromatic nitrogens is 2. The summed E-state index contributed by atoms with van der Waals surface area (Å²) in [6.07, 6.45) is 2.81. The van der Waals surface area contributed by atoms with Gasteiger partial charge in [-0.05, 0) is 25.0 Å². The van der Waals surface area contributed by atoms with E-state index in [0.717, 1.165) is 23.0 Å². The first-order chi connectivity index (χ1) is 8.34. The van der Waals surface area contributed by atoms with Crippen LogP contribution in [-0.2, 0) is 11.8 Å². The van der Waals surface area contributed by atoms with E-state index in [4.69, 9.17) is 4.74 Å². The van der Waals surface area contributed by atoms with E-state index in [2.05, 4.69) is 34.8 Å². The van der Waals surface area contributed by atoms with Crippen molar-refractivity contribution in [2.24, 2.45) is 7.05 Å². The summed E-state index contributed by atoms with van der Waals surface area (Å²) in [6.45, 7) is 0.924. The Labute approximate surface area is 105 Å². The molecule has 0 amide bonds. The third-order valence-electron chi connectivity index (χ3n) is 3.17. The standard InChI is InChI=1S/C13H16N2OS/c1-15-12-7-3-2-6-11(12)14-13(15)17-9-10-5-4-8-16-10/h2-3,6-7,10H,4-5,8-9H2,1H3. The van der Waals surface area contributed by atoms with E-state index >= 15 is 0 Å². The van der Waals surface area contributed by atoms with Gasteiger partial charge in [-0.2, -0.15) is 0 Å². The van der Waals surface area contributed by atoms with Crippen LogP contribution in [0.4, 0.5) is 0 Å². The van der Waals surface area contributed by atoms with E-state index in [1.54, 1.807) is 11.8 Å². The lowest BCUT2D eigenvalue weighted by Crippen LogP contribution is -2.08. The summed E-state index contributed by atoms with van der Waals surface area (Å²) in [4.78, 5) is 4.64. The van der Waals surface area contributed by atoms with E-state index in [0.29, 0.717) is 6.10 Å². The van der Waals surface area contributed by atoms with E-state index in [9.17, 15) is 0 Å². The lowest BCUT2D eigenvalue weighted by molar-refractivity contribution is 0.129. The highest BCUT2D eigenvalue weighted by molar-refractivity contribution is 7.99. The zero-order valence-electron chi connectivity index (χ0n) is 9.93. The fourth-order valence-corrected chi connectivity index (χ4v) is 3.25. The van der Waals surface area contributed by atoms with Gasteiger partial charge in [-0.15, -0.1) is 0 Å². The molecular formula is C13H16N2OS. The quantitative estimate of drug-likeness (QED) is 0.782. The molecule has 2 aromatic rings. The van der Waals surface area contributed by atoms with Crippen molar-refractivity contribution in [2.75, 3.05) is 12.4 Å². The Kier molecular flexibility index (Phi) is 3.07. The lowest BCUT2D eigenvalue weighted by Gasteiger charge is -2.08. The van der Waals surface area contributed by atoms with Crippen LogP contribution in [0.3, 0.4) is 0 Å². The molecule has 1 aromatic carbocycles. The van der Waals surface area contributed by atoms with E-state index in [-0.39, 0.29) is 0 Å². The third kappa shape index (κ3) is 2.19. The third-order valence-corrected chi connectivity index (χ3v) is 4.33. The number of thioether (sulfide) groups is 1. The number of rotatable bonds is 3. The van der Waals surface area contributed by atoms with Crippen LogP contribution in [0.5, 0.6) is 0 Å². The molecule has 1 fully saturated rings. The van der Waals surface area contributed by atoms with Crippen LogP contribution >= 0.6 is 11.8 Å². The van der Waals surface area contributed by atoms with Crippen LogP contribution in [-0.4, -0.2) is 28.0 Å². The van der Waals surface area contributed by atoms with Gasteiger partial charge in [0.1, 0.15) is 0 Å². The summed E-state index contributed by atoms with van der Waals surface area (Å²) < 4.78 is 7.79. The van der Waals surface area contributed by atoms with Crippen LogP contribution in [0.2, 0.25) is 0 Å². The Bertz CT molecular complexity index is 517. The number of hydrogen-bond acceptors (Lipinski definition) is 3. The monoisotopic (exact) mass is 248 g/mol. The summed E-state index contributed by atoms with van der Waals surface area (Å²) >= 11 is 1.80. The van der Waals surface area contributed by atoms with Crippen molar-refractivity contribution in [2.45, 2.75) is 24.1 Å². The van der Waals surface area contributed by atoms with Crippen molar-refractivity contribution in [1.29, 1.82) is 0 Å². The van der Waals surface area contributed by atoms with E-state index in [1.807, 2.05) is 6.07 Å². The highest BCUT2D eigenvalue weighted by atomic mass is 32.2. The number of fused-ring (bicyclic) bond motifs is 1. The molecule has 0 radical (unpaired) electrons. The maximum Gasteiger partial charge on any atom is 0.168 e. The lowest BCUT2D eigenvalue weighted by atomic mass is 10.3. The van der Waals surface area contributed by atoms with Crippen molar-refractivity contribution < 1.29 is 4.74 Å². The minimum absolute atomic E-state index is 0.416. The molecule has 17 heavy (non-hydrogen) atoms. The first kappa shape index (κ1) is 11.1. The van der Waals surface area contributed by atoms with Gasteiger partial charge in [0.2, 0.25) is 0 Å². The highest BCUT2D eigenvalue weighted by Gasteiger charge is 2.17. The van der Waals surface area contributed by atoms with Crippen LogP contribution in [0.1, 0.15) is 12.8 Å². The summed E-state index contributed by atoms with van der Waals surface area (Å²) in [5.74, 6) is 1.01. The molecule has 0 aliphatic carbocycles. The van der Waals surface area contributed by atoms with Crippen molar-refractivity contribution >= 4 is 22.8 Å². The molecule has 1 aromatic heterocycles. The molecule has 1 aliphatic rings. The summed E-state index contributed by atoms with van der Waals surface area (Å²) in [5.41, 5.74) is 2.27. The molecule has 2 heterocycles. The largest absolute Gasteiger partial charge is 0.377 e. The number of benzene rings is 1. The second kappa shape index (κ2) is 4.70. The minimum Gasteiger partial charge on any atom is -0.377 e. The molecule has 0 bridgehead atoms. The molecular weight excluding hydrogens is 232 g/mol. The van der Waals surface area contributed by atoms with Gasteiger partial charge in [-0.3, -0.25) is 0 Å². The predicted molar refractivity (Wildman–Crippen MR) is 70.4 cm³/mol. The Balaban J connectivity index is 1.78. The number of aryl methyl sites for hydroxylation is 1. The van der Waals surface area contributed by atoms with Gasteiger partial charge in [0.15, 0.2) is 5.16 Å². The SMILES string of the molecule is Cn1c(SCC2CCCO2)nc2ccccc21. The molecule has 0 N–H and O–H groups in total. The summed E-state index contributed by atoms with van der Waals surface area (Å²) in [5, 5.41) is 1.08. The number of imidazole rings is 1. The van der Waals surface area contributed by atoms with Gasteiger partial charge < -0.3 is 9.30 Å². The fraction of sp³-hybridized carbons (Fsp3) is 0.462. The van der Waals surface area contributed by atoms with Gasteiger partial charge in [-0.1, -0.05) is 23.9 Å². The maximum atomic E-state index is 5.63. The summed E-state index contributed by atoms with van der Waals surface area (Å²) in [7, 11) is 2.08. The molecule has 3 nitrogen and oxygen atoms in total. The molecule has 1 aliphatic heterocycles. The number of ether oxygens (including phenoxy) is 1. The first-order valence-corrected chi connectivity index (χ1v) is 6.99. The van der Waals surface area contributed by atoms with Crippen molar-refractivity contribution in [1.82, 2.24) is 9.55 Å². The molecule has 3 rings (SSSR count). The smallest absolute Gasteiger partial charge is 0.168 e. The zero-order valence-corrected chi connectivity index (χ0v) is 10.7. The topological polar surface area (TPSA) is 27.1 Å². The van der Waals surface area contributed by atoms with Crippen molar-refractivity contribution in [3.63, 3.8) is 0 Å². The Hall–Kier alpha value is -1.00. The normalized spacial score (nSPS) is 20.2. The van der Waals surface area contributed by atoms with Crippen molar-refractivity contribution in [3.8, 4) is 0 Å². The molecule has 1 saturated heterocycles. The molecule has 0 saturated carbocycles. The van der Waals surface area contributed by atoms with E-state index < -0.39 is 0 Å². The van der Waals surface area contributed by atoms with Gasteiger partial charge in [0.25, 0.3) is 0 Å². The van der Waals surface area contributed by atoms with Crippen LogP contribution in [0, 0.1) is 0 Å². The van der Waals surface area contributed by atoms with Gasteiger partial charge in [0.05, 0.1) is 17.1 Å². The van der Waals surface area contributed by atoms with Gasteiger partial charge in [0, 0.05) is 19.4 Å². The van der Waals surface area contributed by atoms with Gasteiger partial charge in [-0.25, -0.2) is 4.98 Å². The Morgan fingerprint density at radius 2 is 2.35 bits per heavy atom. The number of nitrogens with zero attached hydrogens (tertiary/aromatic N) is 2. The van der Waals surface area contributed by atoms with Crippen LogP contribution < -0.4 is 0 Å². The van der Waals surface area contributed by atoms with Crippen LogP contribution in [0.25, 0.3) is 11.0 Å².